The van der Waals surface area contributed by atoms with Crippen LogP contribution in [0.5, 0.6) is 5.75 Å². The molecule has 0 saturated heterocycles. The van der Waals surface area contributed by atoms with Crippen molar-refractivity contribution in [3.8, 4) is 5.75 Å². The van der Waals surface area contributed by atoms with E-state index in [1.807, 2.05) is 13.8 Å². The second kappa shape index (κ2) is 6.38. The van der Waals surface area contributed by atoms with Crippen LogP contribution in [0, 0.1) is 11.7 Å². The zero-order valence-corrected chi connectivity index (χ0v) is 11.4. The molecule has 3 nitrogen and oxygen atoms in total. The molecule has 0 heterocycles. The lowest BCUT2D eigenvalue weighted by Gasteiger charge is -2.18. The summed E-state index contributed by atoms with van der Waals surface area (Å²) in [5.41, 5.74) is 0.757. The third-order valence-electron chi connectivity index (χ3n) is 2.64. The van der Waals surface area contributed by atoms with Gasteiger partial charge in [-0.05, 0) is 23.6 Å². The standard InChI is InChI=1S/C14H20FNO2/c1-10(2)7-14(17)16(3)9-11-5-6-13(18-4)12(15)8-11/h5-6,8,10H,7,9H2,1-4H3. The summed E-state index contributed by atoms with van der Waals surface area (Å²) in [5.74, 6) is 0.211. The minimum absolute atomic E-state index is 0.0706. The minimum atomic E-state index is -0.403. The third kappa shape index (κ3) is 4.02. The van der Waals surface area contributed by atoms with Crippen molar-refractivity contribution in [3.63, 3.8) is 0 Å². The highest BCUT2D eigenvalue weighted by Crippen LogP contribution is 2.18. The van der Waals surface area contributed by atoms with Gasteiger partial charge in [-0.15, -0.1) is 0 Å². The molecule has 1 amide bonds. The van der Waals surface area contributed by atoms with Crippen LogP contribution in [0.4, 0.5) is 4.39 Å². The molecule has 0 radical (unpaired) electrons. The number of hydrogen-bond acceptors (Lipinski definition) is 2. The van der Waals surface area contributed by atoms with E-state index in [0.717, 1.165) is 5.56 Å². The Morgan fingerprint density at radius 3 is 2.61 bits per heavy atom. The van der Waals surface area contributed by atoms with Gasteiger partial charge in [-0.1, -0.05) is 19.9 Å². The van der Waals surface area contributed by atoms with Crippen LogP contribution >= 0.6 is 0 Å². The van der Waals surface area contributed by atoms with Crippen molar-refractivity contribution in [1.82, 2.24) is 4.90 Å². The summed E-state index contributed by atoms with van der Waals surface area (Å²) in [6, 6.07) is 4.74. The summed E-state index contributed by atoms with van der Waals surface area (Å²) in [5, 5.41) is 0. The maximum absolute atomic E-state index is 13.5. The minimum Gasteiger partial charge on any atom is -0.494 e. The van der Waals surface area contributed by atoms with E-state index in [9.17, 15) is 9.18 Å². The van der Waals surface area contributed by atoms with Gasteiger partial charge in [0.05, 0.1) is 7.11 Å². The van der Waals surface area contributed by atoms with E-state index in [0.29, 0.717) is 18.9 Å². The SMILES string of the molecule is COc1ccc(CN(C)C(=O)CC(C)C)cc1F. The van der Waals surface area contributed by atoms with Gasteiger partial charge < -0.3 is 9.64 Å². The number of rotatable bonds is 5. The number of carbonyl (C=O) groups excluding carboxylic acids is 1. The third-order valence-corrected chi connectivity index (χ3v) is 2.64. The van der Waals surface area contributed by atoms with Crippen molar-refractivity contribution >= 4 is 5.91 Å². The van der Waals surface area contributed by atoms with Gasteiger partial charge in [0, 0.05) is 20.0 Å². The van der Waals surface area contributed by atoms with E-state index in [1.54, 1.807) is 24.1 Å². The van der Waals surface area contributed by atoms with E-state index < -0.39 is 5.82 Å². The van der Waals surface area contributed by atoms with Crippen LogP contribution in [0.2, 0.25) is 0 Å². The molecule has 1 aromatic rings. The predicted octanol–water partition coefficient (Wildman–Crippen LogP) is 2.84. The van der Waals surface area contributed by atoms with Crippen molar-refractivity contribution in [2.45, 2.75) is 26.8 Å². The van der Waals surface area contributed by atoms with E-state index in [1.165, 1.54) is 13.2 Å². The second-order valence-electron chi connectivity index (χ2n) is 4.82. The molecule has 0 N–H and O–H groups in total. The highest BCUT2D eigenvalue weighted by Gasteiger charge is 2.12. The number of amides is 1. The Kier molecular flexibility index (Phi) is 5.13. The van der Waals surface area contributed by atoms with Gasteiger partial charge in [-0.2, -0.15) is 0 Å². The van der Waals surface area contributed by atoms with Gasteiger partial charge >= 0.3 is 0 Å². The van der Waals surface area contributed by atoms with Gasteiger partial charge in [-0.3, -0.25) is 4.79 Å². The number of ether oxygens (including phenoxy) is 1. The molecule has 0 aliphatic rings. The first-order valence-corrected chi connectivity index (χ1v) is 6.00. The van der Waals surface area contributed by atoms with E-state index in [-0.39, 0.29) is 11.7 Å². The lowest BCUT2D eigenvalue weighted by molar-refractivity contribution is -0.131. The van der Waals surface area contributed by atoms with E-state index in [2.05, 4.69) is 0 Å². The Balaban J connectivity index is 2.67. The first kappa shape index (κ1) is 14.5. The van der Waals surface area contributed by atoms with Crippen LogP contribution in [0.25, 0.3) is 0 Å². The molecule has 0 spiro atoms. The largest absolute Gasteiger partial charge is 0.494 e. The molecule has 1 aromatic carbocycles. The normalized spacial score (nSPS) is 10.6. The average molecular weight is 253 g/mol. The second-order valence-corrected chi connectivity index (χ2v) is 4.82. The maximum Gasteiger partial charge on any atom is 0.222 e. The number of benzene rings is 1. The smallest absolute Gasteiger partial charge is 0.222 e. The summed E-state index contributed by atoms with van der Waals surface area (Å²) < 4.78 is 18.3. The van der Waals surface area contributed by atoms with Gasteiger partial charge in [0.2, 0.25) is 5.91 Å². The molecule has 0 fully saturated rings. The Morgan fingerprint density at radius 2 is 2.11 bits per heavy atom. The summed E-state index contributed by atoms with van der Waals surface area (Å²) in [7, 11) is 3.16. The van der Waals surface area contributed by atoms with E-state index >= 15 is 0 Å². The average Bonchev–Trinajstić information content (AvgIpc) is 2.28. The maximum atomic E-state index is 13.5. The van der Waals surface area contributed by atoms with Crippen LogP contribution in [0.1, 0.15) is 25.8 Å². The van der Waals surface area contributed by atoms with Crippen molar-refractivity contribution in [2.75, 3.05) is 14.2 Å². The van der Waals surface area contributed by atoms with Gasteiger partial charge in [0.1, 0.15) is 0 Å². The molecular weight excluding hydrogens is 233 g/mol. The number of hydrogen-bond donors (Lipinski definition) is 0. The molecule has 0 aromatic heterocycles. The lowest BCUT2D eigenvalue weighted by atomic mass is 10.1. The number of methoxy groups -OCH3 is 1. The Morgan fingerprint density at radius 1 is 1.44 bits per heavy atom. The van der Waals surface area contributed by atoms with Crippen LogP contribution in [-0.4, -0.2) is 25.0 Å². The Bertz CT molecular complexity index is 418. The molecule has 0 bridgehead atoms. The molecule has 18 heavy (non-hydrogen) atoms. The first-order chi connectivity index (χ1) is 8.43. The van der Waals surface area contributed by atoms with Gasteiger partial charge in [0.15, 0.2) is 11.6 Å². The Hall–Kier alpha value is -1.58. The molecule has 4 heteroatoms. The van der Waals surface area contributed by atoms with Gasteiger partial charge in [0.25, 0.3) is 0 Å². The van der Waals surface area contributed by atoms with Crippen LogP contribution < -0.4 is 4.74 Å². The summed E-state index contributed by atoms with van der Waals surface area (Å²) >= 11 is 0. The monoisotopic (exact) mass is 253 g/mol. The molecular formula is C14H20FNO2. The zero-order valence-electron chi connectivity index (χ0n) is 11.4. The number of carbonyl (C=O) groups is 1. The fourth-order valence-corrected chi connectivity index (χ4v) is 1.68. The molecule has 0 aliphatic heterocycles. The van der Waals surface area contributed by atoms with Gasteiger partial charge in [-0.25, -0.2) is 4.39 Å². The van der Waals surface area contributed by atoms with Crippen LogP contribution in [0.15, 0.2) is 18.2 Å². The molecule has 0 saturated carbocycles. The molecule has 0 aliphatic carbocycles. The van der Waals surface area contributed by atoms with E-state index in [4.69, 9.17) is 4.74 Å². The highest BCUT2D eigenvalue weighted by molar-refractivity contribution is 5.76. The van der Waals surface area contributed by atoms with Crippen molar-refractivity contribution in [1.29, 1.82) is 0 Å². The molecule has 1 rings (SSSR count). The topological polar surface area (TPSA) is 29.5 Å². The number of halogens is 1. The summed E-state index contributed by atoms with van der Waals surface area (Å²) in [6.07, 6.45) is 0.509. The fourth-order valence-electron chi connectivity index (χ4n) is 1.68. The Labute approximate surface area is 108 Å². The molecule has 0 unspecified atom stereocenters. The fraction of sp³-hybridized carbons (Fsp3) is 0.500. The molecule has 100 valence electrons. The quantitative estimate of drug-likeness (QED) is 0.807. The van der Waals surface area contributed by atoms with Crippen LogP contribution in [-0.2, 0) is 11.3 Å². The van der Waals surface area contributed by atoms with Crippen molar-refractivity contribution < 1.29 is 13.9 Å². The summed E-state index contributed by atoms with van der Waals surface area (Å²) in [6.45, 7) is 4.41. The number of nitrogens with zero attached hydrogens (tertiary/aromatic N) is 1. The summed E-state index contributed by atoms with van der Waals surface area (Å²) in [4.78, 5) is 13.4. The van der Waals surface area contributed by atoms with Crippen LogP contribution in [0.3, 0.4) is 0 Å². The lowest BCUT2D eigenvalue weighted by Crippen LogP contribution is -2.27. The molecule has 0 atom stereocenters. The van der Waals surface area contributed by atoms with Crippen molar-refractivity contribution in [2.24, 2.45) is 5.92 Å². The first-order valence-electron chi connectivity index (χ1n) is 6.00. The zero-order chi connectivity index (χ0) is 13.7. The predicted molar refractivity (Wildman–Crippen MR) is 68.9 cm³/mol. The van der Waals surface area contributed by atoms with Crippen molar-refractivity contribution in [3.05, 3.63) is 29.6 Å². The highest BCUT2D eigenvalue weighted by atomic mass is 19.1.